The van der Waals surface area contributed by atoms with E-state index in [2.05, 4.69) is 26.3 Å². The molecule has 0 radical (unpaired) electrons. The molecule has 1 amide bonds. The summed E-state index contributed by atoms with van der Waals surface area (Å²) in [6.07, 6.45) is 1.61. The summed E-state index contributed by atoms with van der Waals surface area (Å²) in [5.74, 6) is -0.561. The molecule has 1 N–H and O–H groups in total. The smallest absolute Gasteiger partial charge is 0.325 e. The molecule has 7 nitrogen and oxygen atoms in total. The number of hydrogen-bond donors (Lipinski definition) is 1. The molecule has 1 heterocycles. The van der Waals surface area contributed by atoms with Crippen molar-refractivity contribution >= 4 is 39.8 Å². The lowest BCUT2D eigenvalue weighted by molar-refractivity contribution is -0.143. The van der Waals surface area contributed by atoms with Crippen molar-refractivity contribution in [2.45, 2.75) is 27.0 Å². The summed E-state index contributed by atoms with van der Waals surface area (Å²) in [7, 11) is 0. The average Bonchev–Trinajstić information content (AvgIpc) is 2.76. The molecular formula is C23H24BrN3O4. The first kappa shape index (κ1) is 22.6. The third kappa shape index (κ3) is 5.73. The summed E-state index contributed by atoms with van der Waals surface area (Å²) < 4.78 is 12.0. The van der Waals surface area contributed by atoms with Gasteiger partial charge in [-0.05, 0) is 43.2 Å². The molecule has 0 aliphatic carbocycles. The molecule has 0 bridgehead atoms. The van der Waals surface area contributed by atoms with Crippen molar-refractivity contribution in [2.24, 2.45) is 5.10 Å². The van der Waals surface area contributed by atoms with Crippen LogP contribution in [0.25, 0.3) is 5.76 Å². The molecule has 0 spiro atoms. The van der Waals surface area contributed by atoms with Crippen LogP contribution in [0.3, 0.4) is 0 Å². The zero-order valence-electron chi connectivity index (χ0n) is 17.4. The second-order valence-corrected chi connectivity index (χ2v) is 7.59. The van der Waals surface area contributed by atoms with E-state index in [1.54, 1.807) is 25.1 Å². The zero-order chi connectivity index (χ0) is 22.2. The van der Waals surface area contributed by atoms with Gasteiger partial charge in [0.2, 0.25) is 0 Å². The highest BCUT2D eigenvalue weighted by Gasteiger charge is 2.31. The Morgan fingerprint density at radius 2 is 2.00 bits per heavy atom. The van der Waals surface area contributed by atoms with Crippen LogP contribution < -0.4 is 5.32 Å². The van der Waals surface area contributed by atoms with Crippen molar-refractivity contribution in [1.29, 1.82) is 0 Å². The van der Waals surface area contributed by atoms with Crippen LogP contribution in [0.5, 0.6) is 0 Å². The van der Waals surface area contributed by atoms with E-state index >= 15 is 0 Å². The number of amides is 1. The van der Waals surface area contributed by atoms with Gasteiger partial charge >= 0.3 is 5.97 Å². The predicted molar refractivity (Wildman–Crippen MR) is 122 cm³/mol. The Labute approximate surface area is 189 Å². The molecule has 1 aliphatic heterocycles. The highest BCUT2D eigenvalue weighted by atomic mass is 79.9. The minimum Gasteiger partial charge on any atom is -0.486 e. The van der Waals surface area contributed by atoms with Gasteiger partial charge < -0.3 is 14.8 Å². The molecule has 0 fully saturated rings. The molecule has 0 atom stereocenters. The number of carbonyl (C=O) groups is 2. The van der Waals surface area contributed by atoms with Gasteiger partial charge in [0.1, 0.15) is 13.2 Å². The minimum absolute atomic E-state index is 0.237. The first-order chi connectivity index (χ1) is 15.0. The van der Waals surface area contributed by atoms with Gasteiger partial charge in [-0.15, -0.1) is 0 Å². The fraction of sp³-hybridized carbons (Fsp3) is 0.261. The minimum atomic E-state index is -0.506. The molecule has 2 aromatic carbocycles. The highest BCUT2D eigenvalue weighted by Crippen LogP contribution is 2.35. The van der Waals surface area contributed by atoms with Gasteiger partial charge in [-0.2, -0.15) is 5.10 Å². The molecule has 31 heavy (non-hydrogen) atoms. The Morgan fingerprint density at radius 1 is 1.23 bits per heavy atom. The molecule has 0 saturated heterocycles. The summed E-state index contributed by atoms with van der Waals surface area (Å²) in [5, 5.41) is 8.56. The van der Waals surface area contributed by atoms with Crippen molar-refractivity contribution < 1.29 is 19.1 Å². The largest absolute Gasteiger partial charge is 0.486 e. The van der Waals surface area contributed by atoms with E-state index in [1.165, 1.54) is 0 Å². The van der Waals surface area contributed by atoms with Crippen molar-refractivity contribution in [2.75, 3.05) is 13.2 Å². The maximum atomic E-state index is 13.1. The molecule has 0 saturated carbocycles. The number of hydrogen-bond acceptors (Lipinski definition) is 6. The highest BCUT2D eigenvalue weighted by molar-refractivity contribution is 9.10. The van der Waals surface area contributed by atoms with Crippen molar-refractivity contribution in [3.8, 4) is 0 Å². The first-order valence-corrected chi connectivity index (χ1v) is 10.7. The number of ether oxygens (including phenoxy) is 2. The number of fused-ring (bicyclic) bond motifs is 1. The third-order valence-corrected chi connectivity index (χ3v) is 4.99. The summed E-state index contributed by atoms with van der Waals surface area (Å²) in [6, 6.07) is 15.5. The van der Waals surface area contributed by atoms with Crippen LogP contribution >= 0.6 is 15.9 Å². The monoisotopic (exact) mass is 485 g/mol. The fourth-order valence-corrected chi connectivity index (χ4v) is 3.59. The molecule has 8 heteroatoms. The van der Waals surface area contributed by atoms with Gasteiger partial charge in [0.25, 0.3) is 5.91 Å². The summed E-state index contributed by atoms with van der Waals surface area (Å²) in [6.45, 7) is 4.17. The molecule has 0 aromatic heterocycles. The van der Waals surface area contributed by atoms with Crippen molar-refractivity contribution in [1.82, 2.24) is 10.3 Å². The Kier molecular flexibility index (Phi) is 7.83. The predicted octanol–water partition coefficient (Wildman–Crippen LogP) is 3.84. The summed E-state index contributed by atoms with van der Waals surface area (Å²) in [5.41, 5.74) is 2.98. The fourth-order valence-electron chi connectivity index (χ4n) is 3.18. The standard InChI is InChI=1S/C23H24BrN3O4/c1-3-26-27-14-17-12-18(24)10-11-19(17)22(31-15-16-8-6-5-7-9-16)21(27)23(29)25-13-20(28)30-4-2/h3,5-12H,4,13-15H2,1-2H3,(H,25,29)/b26-3-. The van der Waals surface area contributed by atoms with Gasteiger partial charge in [0, 0.05) is 16.3 Å². The Bertz CT molecular complexity index is 1010. The van der Waals surface area contributed by atoms with Crippen LogP contribution in [0, 0.1) is 0 Å². The van der Waals surface area contributed by atoms with Crippen LogP contribution in [-0.2, 0) is 32.2 Å². The van der Waals surface area contributed by atoms with E-state index in [-0.39, 0.29) is 25.5 Å². The Hall–Kier alpha value is -3.13. The Balaban J connectivity index is 1.99. The van der Waals surface area contributed by atoms with Crippen LogP contribution in [0.15, 0.2) is 63.8 Å². The maximum Gasteiger partial charge on any atom is 0.325 e. The summed E-state index contributed by atoms with van der Waals surface area (Å²) >= 11 is 3.50. The second-order valence-electron chi connectivity index (χ2n) is 6.67. The normalized spacial score (nSPS) is 13.2. The van der Waals surface area contributed by atoms with Crippen LogP contribution in [-0.4, -0.2) is 36.3 Å². The molecule has 162 valence electrons. The van der Waals surface area contributed by atoms with Crippen LogP contribution in [0.4, 0.5) is 0 Å². The van der Waals surface area contributed by atoms with E-state index < -0.39 is 11.9 Å². The molecular weight excluding hydrogens is 462 g/mol. The van der Waals surface area contributed by atoms with Gasteiger partial charge in [-0.1, -0.05) is 46.3 Å². The van der Waals surface area contributed by atoms with Gasteiger partial charge in [-0.3, -0.25) is 14.6 Å². The van der Waals surface area contributed by atoms with Gasteiger partial charge in [0.05, 0.1) is 13.2 Å². The maximum absolute atomic E-state index is 13.1. The van der Waals surface area contributed by atoms with E-state index in [1.807, 2.05) is 48.5 Å². The van der Waals surface area contributed by atoms with Crippen LogP contribution in [0.1, 0.15) is 30.5 Å². The first-order valence-electron chi connectivity index (χ1n) is 9.93. The second kappa shape index (κ2) is 10.8. The SMILES string of the molecule is C/C=N\N1Cc2cc(Br)ccc2C(OCc2ccccc2)=C1C(=O)NCC(=O)OCC. The van der Waals surface area contributed by atoms with Crippen LogP contribution in [0.2, 0.25) is 0 Å². The van der Waals surface area contributed by atoms with Crippen molar-refractivity contribution in [3.05, 3.63) is 75.4 Å². The number of benzene rings is 2. The number of halogens is 1. The topological polar surface area (TPSA) is 80.2 Å². The number of nitrogens with one attached hydrogen (secondary N) is 1. The van der Waals surface area contributed by atoms with E-state index in [4.69, 9.17) is 9.47 Å². The van der Waals surface area contributed by atoms with E-state index in [9.17, 15) is 9.59 Å². The summed E-state index contributed by atoms with van der Waals surface area (Å²) in [4.78, 5) is 24.8. The number of nitrogens with zero attached hydrogens (tertiary/aromatic N) is 2. The van der Waals surface area contributed by atoms with Gasteiger partial charge in [-0.25, -0.2) is 0 Å². The number of esters is 1. The van der Waals surface area contributed by atoms with E-state index in [0.717, 1.165) is 21.2 Å². The van der Waals surface area contributed by atoms with E-state index in [0.29, 0.717) is 12.3 Å². The van der Waals surface area contributed by atoms with Crippen molar-refractivity contribution in [3.63, 3.8) is 0 Å². The lowest BCUT2D eigenvalue weighted by Crippen LogP contribution is -2.38. The molecule has 1 aliphatic rings. The van der Waals surface area contributed by atoms with Gasteiger partial charge in [0.15, 0.2) is 11.5 Å². The number of carbonyl (C=O) groups excluding carboxylic acids is 2. The zero-order valence-corrected chi connectivity index (χ0v) is 19.0. The Morgan fingerprint density at radius 3 is 2.71 bits per heavy atom. The number of rotatable bonds is 8. The molecule has 3 rings (SSSR count). The molecule has 2 aromatic rings. The lowest BCUT2D eigenvalue weighted by Gasteiger charge is -2.30. The third-order valence-electron chi connectivity index (χ3n) is 4.50. The quantitative estimate of drug-likeness (QED) is 0.453. The average molecular weight is 486 g/mol. The lowest BCUT2D eigenvalue weighted by atomic mass is 10.00. The number of hydrazone groups is 1. The molecule has 0 unspecified atom stereocenters.